The van der Waals surface area contributed by atoms with Crippen LogP contribution in [0.25, 0.3) is 16.7 Å². The molecular weight excluding hydrogens is 352 g/mol. The third-order valence-electron chi connectivity index (χ3n) is 5.79. The topological polar surface area (TPSA) is 79.2 Å². The molecule has 5 rings (SSSR count). The fourth-order valence-corrected chi connectivity index (χ4v) is 4.16. The summed E-state index contributed by atoms with van der Waals surface area (Å²) in [7, 11) is 0. The molecule has 1 unspecified atom stereocenters. The second-order valence-electron chi connectivity index (χ2n) is 7.56. The number of carbonyl (C=O) groups excluding carboxylic acids is 1. The molecular formula is C21H22N6O. The average Bonchev–Trinajstić information content (AvgIpc) is 3.35. The number of imidazole rings is 1. The van der Waals surface area contributed by atoms with Gasteiger partial charge in [-0.15, -0.1) is 0 Å². The van der Waals surface area contributed by atoms with E-state index in [1.54, 1.807) is 6.20 Å². The Bertz CT molecular complexity index is 1130. The van der Waals surface area contributed by atoms with Gasteiger partial charge in [0.1, 0.15) is 5.82 Å². The number of rotatable bonds is 3. The third kappa shape index (κ3) is 2.83. The van der Waals surface area contributed by atoms with Gasteiger partial charge in [-0.25, -0.2) is 9.97 Å². The monoisotopic (exact) mass is 374 g/mol. The maximum atomic E-state index is 12.9. The maximum Gasteiger partial charge on any atom is 0.228 e. The van der Waals surface area contributed by atoms with Crippen molar-refractivity contribution in [1.29, 1.82) is 0 Å². The molecule has 5 heterocycles. The predicted octanol–water partition coefficient (Wildman–Crippen LogP) is 2.80. The Morgan fingerprint density at radius 1 is 1.21 bits per heavy atom. The first-order chi connectivity index (χ1) is 13.7. The Balaban J connectivity index is 1.45. The molecule has 7 nitrogen and oxygen atoms in total. The highest BCUT2D eigenvalue weighted by molar-refractivity contribution is 5.78. The molecule has 0 aliphatic carbocycles. The van der Waals surface area contributed by atoms with Crippen LogP contribution in [0.15, 0.2) is 49.1 Å². The highest BCUT2D eigenvalue weighted by Gasteiger charge is 2.33. The van der Waals surface area contributed by atoms with Gasteiger partial charge in [0.05, 0.1) is 29.8 Å². The van der Waals surface area contributed by atoms with Crippen molar-refractivity contribution in [3.63, 3.8) is 0 Å². The highest BCUT2D eigenvalue weighted by atomic mass is 16.2. The van der Waals surface area contributed by atoms with E-state index in [0.717, 1.165) is 41.2 Å². The van der Waals surface area contributed by atoms with E-state index in [4.69, 9.17) is 4.98 Å². The van der Waals surface area contributed by atoms with E-state index in [2.05, 4.69) is 26.3 Å². The number of H-pyrrole nitrogens is 1. The molecule has 0 radical (unpaired) electrons. The summed E-state index contributed by atoms with van der Waals surface area (Å²) in [5.41, 5.74) is 3.66. The Labute approximate surface area is 162 Å². The molecule has 4 aromatic rings. The van der Waals surface area contributed by atoms with Gasteiger partial charge in [-0.3, -0.25) is 14.2 Å². The van der Waals surface area contributed by atoms with Crippen LogP contribution < -0.4 is 0 Å². The zero-order valence-corrected chi connectivity index (χ0v) is 15.7. The molecule has 1 fully saturated rings. The van der Waals surface area contributed by atoms with Crippen molar-refractivity contribution in [2.45, 2.75) is 25.7 Å². The zero-order valence-electron chi connectivity index (χ0n) is 15.7. The number of nitrogens with one attached hydrogen (secondary N) is 1. The Morgan fingerprint density at radius 2 is 2.11 bits per heavy atom. The Morgan fingerprint density at radius 3 is 2.96 bits per heavy atom. The van der Waals surface area contributed by atoms with Crippen molar-refractivity contribution in [2.24, 2.45) is 5.92 Å². The van der Waals surface area contributed by atoms with Crippen molar-refractivity contribution in [2.75, 3.05) is 13.1 Å². The van der Waals surface area contributed by atoms with Gasteiger partial charge in [0.15, 0.2) is 5.65 Å². The summed E-state index contributed by atoms with van der Waals surface area (Å²) in [5.74, 6) is 1.77. The first-order valence-corrected chi connectivity index (χ1v) is 9.68. The molecule has 0 saturated carbocycles. The fraction of sp³-hybridized carbons (Fsp3) is 0.333. The molecule has 1 N–H and O–H groups in total. The molecule has 1 saturated heterocycles. The minimum Gasteiger partial charge on any atom is -0.345 e. The summed E-state index contributed by atoms with van der Waals surface area (Å²) in [5, 5.41) is 0. The summed E-state index contributed by atoms with van der Waals surface area (Å²) >= 11 is 0. The zero-order chi connectivity index (χ0) is 19.1. The standard InChI is InChI=1S/C21H22N6O/c1-14-6-9-26(19(28)10-15-4-2-3-7-22-15)13-17(14)21-25-12-16-11-24-20-18(27(16)21)5-8-23-20/h2-5,7-8,11-12,14,17,23H,6,9-10,13H2,1H3/t14-,17?/m1/s1. The summed E-state index contributed by atoms with van der Waals surface area (Å²) in [6, 6.07) is 7.72. The van der Waals surface area contributed by atoms with E-state index in [1.165, 1.54) is 0 Å². The Hall–Kier alpha value is -3.22. The lowest BCUT2D eigenvalue weighted by Crippen LogP contribution is -2.43. The number of piperidine rings is 1. The normalized spacial score (nSPS) is 20.1. The first kappa shape index (κ1) is 16.9. The van der Waals surface area contributed by atoms with E-state index in [1.807, 2.05) is 47.8 Å². The smallest absolute Gasteiger partial charge is 0.228 e. The van der Waals surface area contributed by atoms with Crippen LogP contribution in [0.1, 0.15) is 30.8 Å². The van der Waals surface area contributed by atoms with Gasteiger partial charge in [0.2, 0.25) is 5.91 Å². The minimum atomic E-state index is 0.130. The number of nitrogens with zero attached hydrogens (tertiary/aromatic N) is 5. The quantitative estimate of drug-likeness (QED) is 0.598. The molecule has 142 valence electrons. The number of pyridine rings is 1. The van der Waals surface area contributed by atoms with E-state index < -0.39 is 0 Å². The van der Waals surface area contributed by atoms with Gasteiger partial charge in [0.25, 0.3) is 0 Å². The van der Waals surface area contributed by atoms with E-state index in [-0.39, 0.29) is 11.8 Å². The Kier molecular flexibility index (Phi) is 4.07. The number of aromatic amines is 1. The summed E-state index contributed by atoms with van der Waals surface area (Å²) in [6.07, 6.45) is 8.65. The van der Waals surface area contributed by atoms with E-state index in [0.29, 0.717) is 18.9 Å². The van der Waals surface area contributed by atoms with Crippen LogP contribution in [0.4, 0.5) is 0 Å². The number of amides is 1. The van der Waals surface area contributed by atoms with Crippen LogP contribution in [0, 0.1) is 5.92 Å². The van der Waals surface area contributed by atoms with Crippen molar-refractivity contribution >= 4 is 22.6 Å². The lowest BCUT2D eigenvalue weighted by Gasteiger charge is -2.36. The van der Waals surface area contributed by atoms with Crippen LogP contribution in [0.2, 0.25) is 0 Å². The number of fused-ring (bicyclic) bond motifs is 3. The second-order valence-corrected chi connectivity index (χ2v) is 7.56. The lowest BCUT2D eigenvalue weighted by molar-refractivity contribution is -0.132. The second kappa shape index (κ2) is 6.74. The molecule has 7 heteroatoms. The molecule has 0 bridgehead atoms. The summed E-state index contributed by atoms with van der Waals surface area (Å²) in [6.45, 7) is 3.72. The molecule has 4 aromatic heterocycles. The number of aromatic nitrogens is 5. The number of likely N-dealkylation sites (tertiary alicyclic amines) is 1. The molecule has 28 heavy (non-hydrogen) atoms. The predicted molar refractivity (Wildman–Crippen MR) is 106 cm³/mol. The van der Waals surface area contributed by atoms with Crippen LogP contribution in [0.3, 0.4) is 0 Å². The fourth-order valence-electron chi connectivity index (χ4n) is 4.16. The van der Waals surface area contributed by atoms with Crippen molar-refractivity contribution in [3.8, 4) is 0 Å². The number of hydrogen-bond donors (Lipinski definition) is 1. The highest BCUT2D eigenvalue weighted by Crippen LogP contribution is 2.33. The van der Waals surface area contributed by atoms with Crippen LogP contribution in [-0.4, -0.2) is 48.2 Å². The maximum absolute atomic E-state index is 12.9. The average molecular weight is 374 g/mol. The van der Waals surface area contributed by atoms with Gasteiger partial charge >= 0.3 is 0 Å². The SMILES string of the molecule is C[C@@H]1CCN(C(=O)Cc2ccccn2)CC1c1ncc2cnc3[nH]ccc3n12. The largest absolute Gasteiger partial charge is 0.345 e. The number of hydrogen-bond acceptors (Lipinski definition) is 4. The van der Waals surface area contributed by atoms with Gasteiger partial charge in [-0.2, -0.15) is 0 Å². The summed E-state index contributed by atoms with van der Waals surface area (Å²) < 4.78 is 2.17. The van der Waals surface area contributed by atoms with Crippen molar-refractivity contribution < 1.29 is 4.79 Å². The van der Waals surface area contributed by atoms with Gasteiger partial charge < -0.3 is 9.88 Å². The molecule has 1 amide bonds. The van der Waals surface area contributed by atoms with Gasteiger partial charge in [-0.05, 0) is 30.5 Å². The summed E-state index contributed by atoms with van der Waals surface area (Å²) in [4.78, 5) is 31.5. The molecule has 1 aliphatic rings. The number of carbonyl (C=O) groups is 1. The van der Waals surface area contributed by atoms with Crippen LogP contribution in [-0.2, 0) is 11.2 Å². The van der Waals surface area contributed by atoms with E-state index in [9.17, 15) is 4.79 Å². The molecule has 0 aromatic carbocycles. The van der Waals surface area contributed by atoms with Gasteiger partial charge in [-0.1, -0.05) is 13.0 Å². The van der Waals surface area contributed by atoms with Crippen LogP contribution in [0.5, 0.6) is 0 Å². The van der Waals surface area contributed by atoms with Crippen molar-refractivity contribution in [1.82, 2.24) is 29.2 Å². The first-order valence-electron chi connectivity index (χ1n) is 9.68. The molecule has 0 spiro atoms. The third-order valence-corrected chi connectivity index (χ3v) is 5.79. The minimum absolute atomic E-state index is 0.130. The van der Waals surface area contributed by atoms with Crippen molar-refractivity contribution in [3.05, 3.63) is 60.6 Å². The molecule has 2 atom stereocenters. The van der Waals surface area contributed by atoms with Gasteiger partial charge in [0, 0.05) is 37.1 Å². The molecule has 1 aliphatic heterocycles. The van der Waals surface area contributed by atoms with E-state index >= 15 is 0 Å². The lowest BCUT2D eigenvalue weighted by atomic mass is 9.86. The van der Waals surface area contributed by atoms with Crippen LogP contribution >= 0.6 is 0 Å².